The number of hydrogen-bond donors (Lipinski definition) is 0. The molecule has 0 unspecified atom stereocenters. The van der Waals surface area contributed by atoms with E-state index in [2.05, 4.69) is 23.6 Å². The molecule has 0 spiro atoms. The van der Waals surface area contributed by atoms with Gasteiger partial charge in [0.1, 0.15) is 5.82 Å². The van der Waals surface area contributed by atoms with Crippen LogP contribution in [0.4, 0.5) is 4.39 Å². The minimum atomic E-state index is -0.272. The molecule has 0 amide bonds. The Morgan fingerprint density at radius 1 is 0.912 bits per heavy atom. The lowest BCUT2D eigenvalue weighted by atomic mass is 9.79. The average Bonchev–Trinajstić information content (AvgIpc) is 3.13. The van der Waals surface area contributed by atoms with Gasteiger partial charge in [-0.1, -0.05) is 13.8 Å². The van der Waals surface area contributed by atoms with Gasteiger partial charge in [-0.2, -0.15) is 0 Å². The third kappa shape index (κ3) is 4.98. The molecule has 2 aliphatic heterocycles. The number of imidazole rings is 1. The van der Waals surface area contributed by atoms with Crippen molar-refractivity contribution in [1.29, 1.82) is 0 Å². The molecule has 0 N–H and O–H groups in total. The second-order valence-corrected chi connectivity index (χ2v) is 11.0. The van der Waals surface area contributed by atoms with Crippen molar-refractivity contribution in [1.82, 2.24) is 18.9 Å². The van der Waals surface area contributed by atoms with Gasteiger partial charge in [0.15, 0.2) is 0 Å². The predicted molar refractivity (Wildman–Crippen MR) is 134 cm³/mol. The Morgan fingerprint density at radius 2 is 1.62 bits per heavy atom. The van der Waals surface area contributed by atoms with Gasteiger partial charge in [-0.05, 0) is 68.6 Å². The van der Waals surface area contributed by atoms with E-state index in [0.717, 1.165) is 81.6 Å². The number of hydrogen-bond acceptors (Lipinski definition) is 4. The number of fused-ring (bicyclic) bond motifs is 1. The van der Waals surface area contributed by atoms with Crippen LogP contribution in [0.25, 0.3) is 11.0 Å². The molecule has 0 bridgehead atoms. The molecular weight excluding hydrogens is 431 g/mol. The van der Waals surface area contributed by atoms with Crippen molar-refractivity contribution < 1.29 is 9.13 Å². The molecule has 1 aromatic heterocycles. The largest absolute Gasteiger partial charge is 0.379 e. The maximum Gasteiger partial charge on any atom is 0.329 e. The first-order valence-electron chi connectivity index (χ1n) is 13.5. The first-order valence-corrected chi connectivity index (χ1v) is 13.5. The molecule has 3 fully saturated rings. The van der Waals surface area contributed by atoms with Crippen molar-refractivity contribution in [2.75, 3.05) is 45.9 Å². The molecule has 2 saturated heterocycles. The van der Waals surface area contributed by atoms with Crippen molar-refractivity contribution in [3.05, 3.63) is 34.5 Å². The fourth-order valence-corrected chi connectivity index (χ4v) is 6.53. The van der Waals surface area contributed by atoms with E-state index >= 15 is 0 Å². The third-order valence-electron chi connectivity index (χ3n) is 8.73. The summed E-state index contributed by atoms with van der Waals surface area (Å²) < 4.78 is 23.5. The maximum absolute atomic E-state index is 14.2. The van der Waals surface area contributed by atoms with E-state index in [1.165, 1.54) is 31.7 Å². The van der Waals surface area contributed by atoms with Crippen LogP contribution in [0.15, 0.2) is 23.0 Å². The van der Waals surface area contributed by atoms with Crippen LogP contribution < -0.4 is 5.69 Å². The topological polar surface area (TPSA) is 42.6 Å². The summed E-state index contributed by atoms with van der Waals surface area (Å²) in [5.41, 5.74) is 1.63. The molecule has 34 heavy (non-hydrogen) atoms. The van der Waals surface area contributed by atoms with Gasteiger partial charge in [-0.3, -0.25) is 14.0 Å². The molecule has 0 atom stereocenters. The van der Waals surface area contributed by atoms with Gasteiger partial charge in [-0.15, -0.1) is 0 Å². The Kier molecular flexibility index (Phi) is 7.42. The van der Waals surface area contributed by atoms with Gasteiger partial charge in [0.25, 0.3) is 0 Å². The summed E-state index contributed by atoms with van der Waals surface area (Å²) in [6.07, 6.45) is 7.22. The van der Waals surface area contributed by atoms with Crippen molar-refractivity contribution in [2.24, 2.45) is 11.8 Å². The molecule has 3 heterocycles. The third-order valence-corrected chi connectivity index (χ3v) is 8.73. The first-order chi connectivity index (χ1) is 16.5. The van der Waals surface area contributed by atoms with E-state index in [1.807, 2.05) is 9.13 Å². The number of morpholine rings is 1. The fraction of sp³-hybridized carbons (Fsp3) is 0.741. The summed E-state index contributed by atoms with van der Waals surface area (Å²) in [4.78, 5) is 18.6. The highest BCUT2D eigenvalue weighted by atomic mass is 19.1. The average molecular weight is 473 g/mol. The summed E-state index contributed by atoms with van der Waals surface area (Å²) in [5.74, 6) is 1.40. The van der Waals surface area contributed by atoms with Crippen LogP contribution in [0.5, 0.6) is 0 Å². The zero-order chi connectivity index (χ0) is 23.7. The molecule has 5 rings (SSSR count). The lowest BCUT2D eigenvalue weighted by molar-refractivity contribution is 0.0363. The number of ether oxygens (including phenoxy) is 1. The molecule has 2 aromatic rings. The Morgan fingerprint density at radius 3 is 2.29 bits per heavy atom. The summed E-state index contributed by atoms with van der Waals surface area (Å²) in [5, 5.41) is 0. The molecule has 1 aliphatic carbocycles. The molecule has 1 saturated carbocycles. The number of nitrogens with zero attached hydrogens (tertiary/aromatic N) is 4. The number of benzene rings is 1. The highest BCUT2D eigenvalue weighted by molar-refractivity contribution is 5.76. The van der Waals surface area contributed by atoms with E-state index in [9.17, 15) is 9.18 Å². The highest BCUT2D eigenvalue weighted by Crippen LogP contribution is 2.35. The monoisotopic (exact) mass is 472 g/mol. The second-order valence-electron chi connectivity index (χ2n) is 11.0. The summed E-state index contributed by atoms with van der Waals surface area (Å²) in [6, 6.07) is 5.66. The number of halogens is 1. The first kappa shape index (κ1) is 24.0. The summed E-state index contributed by atoms with van der Waals surface area (Å²) in [6.45, 7) is 11.5. The van der Waals surface area contributed by atoms with Crippen LogP contribution in [0.2, 0.25) is 0 Å². The normalized spacial score (nSPS) is 26.0. The quantitative estimate of drug-likeness (QED) is 0.634. The van der Waals surface area contributed by atoms with Crippen LogP contribution in [0.1, 0.15) is 58.4 Å². The summed E-state index contributed by atoms with van der Waals surface area (Å²) in [7, 11) is 0. The SMILES string of the molecule is CC(C)C1CCC(N2CCC(n3c(=O)n(CCN4CCOCC4)c4ccc(F)cc43)CC2)CC1. The smallest absolute Gasteiger partial charge is 0.329 e. The van der Waals surface area contributed by atoms with Crippen LogP contribution in [0.3, 0.4) is 0 Å². The Labute approximate surface area is 202 Å². The molecule has 7 heteroatoms. The highest BCUT2D eigenvalue weighted by Gasteiger charge is 2.31. The molecule has 1 aromatic carbocycles. The van der Waals surface area contributed by atoms with E-state index < -0.39 is 0 Å². The molecule has 188 valence electrons. The lowest BCUT2D eigenvalue weighted by Gasteiger charge is -2.41. The Balaban J connectivity index is 1.29. The number of aromatic nitrogens is 2. The van der Waals surface area contributed by atoms with E-state index in [4.69, 9.17) is 4.74 Å². The number of piperidine rings is 1. The van der Waals surface area contributed by atoms with Gasteiger partial charge in [0, 0.05) is 51.4 Å². The molecule has 3 aliphatic rings. The Bertz CT molecular complexity index is 1010. The van der Waals surface area contributed by atoms with E-state index in [-0.39, 0.29) is 17.5 Å². The Hall–Kier alpha value is -1.70. The standard InChI is InChI=1S/C27H41FN4O2/c1-20(2)21-3-6-23(7-4-21)30-11-9-24(10-12-30)32-26-19-22(28)5-8-25(26)31(27(32)33)14-13-29-15-17-34-18-16-29/h5,8,19-21,23-24H,3-4,6-7,9-18H2,1-2H3. The van der Waals surface area contributed by atoms with Gasteiger partial charge in [-0.25, -0.2) is 9.18 Å². The van der Waals surface area contributed by atoms with Crippen LogP contribution >= 0.6 is 0 Å². The van der Waals surface area contributed by atoms with Crippen LogP contribution in [-0.4, -0.2) is 70.9 Å². The van der Waals surface area contributed by atoms with Crippen LogP contribution in [0, 0.1) is 17.7 Å². The zero-order valence-electron chi connectivity index (χ0n) is 20.9. The van der Waals surface area contributed by atoms with Crippen molar-refractivity contribution in [2.45, 2.75) is 71.0 Å². The molecular formula is C27H41FN4O2. The minimum absolute atomic E-state index is 0.0183. The fourth-order valence-electron chi connectivity index (χ4n) is 6.53. The van der Waals surface area contributed by atoms with Crippen LogP contribution in [-0.2, 0) is 11.3 Å². The van der Waals surface area contributed by atoms with Gasteiger partial charge in [0.05, 0.1) is 24.2 Å². The number of likely N-dealkylation sites (tertiary alicyclic amines) is 1. The lowest BCUT2D eigenvalue weighted by Crippen LogP contribution is -2.45. The van der Waals surface area contributed by atoms with Crippen molar-refractivity contribution in [3.8, 4) is 0 Å². The van der Waals surface area contributed by atoms with E-state index in [1.54, 1.807) is 12.1 Å². The number of rotatable bonds is 6. The van der Waals surface area contributed by atoms with Gasteiger partial charge < -0.3 is 9.64 Å². The molecule has 6 nitrogen and oxygen atoms in total. The van der Waals surface area contributed by atoms with Crippen molar-refractivity contribution in [3.63, 3.8) is 0 Å². The van der Waals surface area contributed by atoms with E-state index in [0.29, 0.717) is 12.6 Å². The molecule has 0 radical (unpaired) electrons. The zero-order valence-corrected chi connectivity index (χ0v) is 20.9. The minimum Gasteiger partial charge on any atom is -0.379 e. The maximum atomic E-state index is 14.2. The van der Waals surface area contributed by atoms with Gasteiger partial charge in [0.2, 0.25) is 0 Å². The van der Waals surface area contributed by atoms with Gasteiger partial charge >= 0.3 is 5.69 Å². The van der Waals surface area contributed by atoms with Crippen molar-refractivity contribution >= 4 is 11.0 Å². The second kappa shape index (κ2) is 10.5. The summed E-state index contributed by atoms with van der Waals surface area (Å²) >= 11 is 0. The predicted octanol–water partition coefficient (Wildman–Crippen LogP) is 4.13.